The zero-order chi connectivity index (χ0) is 18.9. The fraction of sp³-hybridized carbons (Fsp3) is 0.455. The number of fused-ring (bicyclic) bond motifs is 3. The Labute approximate surface area is 169 Å². The van der Waals surface area contributed by atoms with E-state index in [0.717, 1.165) is 36.9 Å². The van der Waals surface area contributed by atoms with Crippen LogP contribution in [-0.2, 0) is 6.54 Å². The smallest absolute Gasteiger partial charge is 0.126 e. The molecule has 3 aromatic heterocycles. The molecule has 3 saturated heterocycles. The van der Waals surface area contributed by atoms with E-state index in [1.54, 1.807) is 17.6 Å². The van der Waals surface area contributed by atoms with E-state index in [-0.39, 0.29) is 0 Å². The average Bonchev–Trinajstić information content (AvgIpc) is 3.42. The van der Waals surface area contributed by atoms with Crippen molar-refractivity contribution >= 4 is 11.3 Å². The van der Waals surface area contributed by atoms with Crippen LogP contribution in [0.4, 0.5) is 0 Å². The van der Waals surface area contributed by atoms with Gasteiger partial charge in [0.15, 0.2) is 0 Å². The van der Waals surface area contributed by atoms with Gasteiger partial charge in [-0.25, -0.2) is 9.97 Å². The monoisotopic (exact) mass is 394 g/mol. The summed E-state index contributed by atoms with van der Waals surface area (Å²) in [5.74, 6) is 3.13. The molecule has 0 saturated carbocycles. The highest BCUT2D eigenvalue weighted by Gasteiger charge is 2.41. The minimum atomic E-state index is 0.524. The van der Waals surface area contributed by atoms with Crippen molar-refractivity contribution < 1.29 is 4.42 Å². The third-order valence-corrected chi connectivity index (χ3v) is 7.04. The van der Waals surface area contributed by atoms with Gasteiger partial charge in [0.2, 0.25) is 0 Å². The molecule has 2 bridgehead atoms. The molecule has 0 spiro atoms. The topological polar surface area (TPSA) is 54.2 Å². The molecular formula is C22H26N4OS. The summed E-state index contributed by atoms with van der Waals surface area (Å²) >= 11 is 1.75. The Balaban J connectivity index is 1.27. The summed E-state index contributed by atoms with van der Waals surface area (Å²) in [6.07, 6.45) is 4.26. The van der Waals surface area contributed by atoms with Crippen LogP contribution in [0.5, 0.6) is 0 Å². The summed E-state index contributed by atoms with van der Waals surface area (Å²) in [6, 6.07) is 11.1. The highest BCUT2D eigenvalue weighted by atomic mass is 32.1. The lowest BCUT2D eigenvalue weighted by atomic mass is 9.74. The van der Waals surface area contributed by atoms with Crippen molar-refractivity contribution in [1.82, 2.24) is 20.2 Å². The second-order valence-corrected chi connectivity index (χ2v) is 8.90. The first kappa shape index (κ1) is 18.0. The summed E-state index contributed by atoms with van der Waals surface area (Å²) in [5, 5.41) is 5.69. The van der Waals surface area contributed by atoms with Crippen molar-refractivity contribution in [3.8, 4) is 10.6 Å². The lowest BCUT2D eigenvalue weighted by Gasteiger charge is -2.49. The van der Waals surface area contributed by atoms with Gasteiger partial charge in [-0.1, -0.05) is 6.07 Å². The van der Waals surface area contributed by atoms with Gasteiger partial charge in [-0.15, -0.1) is 11.3 Å². The first-order chi connectivity index (χ1) is 13.8. The predicted molar refractivity (Wildman–Crippen MR) is 111 cm³/mol. The van der Waals surface area contributed by atoms with Crippen molar-refractivity contribution in [3.63, 3.8) is 0 Å². The molecule has 6 heterocycles. The molecule has 3 aliphatic rings. The van der Waals surface area contributed by atoms with E-state index in [9.17, 15) is 0 Å². The number of nitrogens with one attached hydrogen (secondary N) is 1. The maximum absolute atomic E-state index is 5.42. The van der Waals surface area contributed by atoms with E-state index < -0.39 is 0 Å². The van der Waals surface area contributed by atoms with Crippen LogP contribution in [0.25, 0.3) is 10.6 Å². The number of hydrogen-bond donors (Lipinski definition) is 1. The molecule has 1 N–H and O–H groups in total. The zero-order valence-electron chi connectivity index (χ0n) is 16.2. The van der Waals surface area contributed by atoms with Gasteiger partial charge < -0.3 is 9.73 Å². The average molecular weight is 395 g/mol. The quantitative estimate of drug-likeness (QED) is 0.683. The van der Waals surface area contributed by atoms with Crippen LogP contribution >= 0.6 is 11.3 Å². The summed E-state index contributed by atoms with van der Waals surface area (Å²) in [7, 11) is 0. The third-order valence-electron chi connectivity index (χ3n) is 6.15. The number of rotatable bonds is 6. The van der Waals surface area contributed by atoms with Crippen LogP contribution in [0.1, 0.15) is 36.0 Å². The Bertz CT molecular complexity index is 909. The van der Waals surface area contributed by atoms with Crippen molar-refractivity contribution in [2.24, 2.45) is 5.92 Å². The molecule has 4 atom stereocenters. The van der Waals surface area contributed by atoms with E-state index in [2.05, 4.69) is 38.8 Å². The maximum Gasteiger partial charge on any atom is 0.126 e. The molecule has 3 aromatic rings. The number of furan rings is 1. The van der Waals surface area contributed by atoms with Gasteiger partial charge in [0.1, 0.15) is 11.6 Å². The SMILES string of the molecule is Cc1nc(-c2cccs2)cc([C@H]2CN3CC[C@H]2CC3CNCc2ccco2)n1. The Morgan fingerprint density at radius 3 is 3.00 bits per heavy atom. The van der Waals surface area contributed by atoms with Gasteiger partial charge in [0.05, 0.1) is 23.4 Å². The van der Waals surface area contributed by atoms with Crippen LogP contribution in [0, 0.1) is 12.8 Å². The Morgan fingerprint density at radius 2 is 2.25 bits per heavy atom. The van der Waals surface area contributed by atoms with Gasteiger partial charge in [-0.2, -0.15) is 0 Å². The highest BCUT2D eigenvalue weighted by molar-refractivity contribution is 7.13. The number of aryl methyl sites for hydroxylation is 1. The molecule has 2 unspecified atom stereocenters. The summed E-state index contributed by atoms with van der Waals surface area (Å²) < 4.78 is 5.42. The number of nitrogens with zero attached hydrogens (tertiary/aromatic N) is 3. The molecule has 6 rings (SSSR count). The molecule has 0 aromatic carbocycles. The Kier molecular flexibility index (Phi) is 5.01. The zero-order valence-corrected chi connectivity index (χ0v) is 17.0. The van der Waals surface area contributed by atoms with Crippen LogP contribution < -0.4 is 5.32 Å². The van der Waals surface area contributed by atoms with Crippen molar-refractivity contribution in [1.29, 1.82) is 0 Å². The molecule has 0 aliphatic carbocycles. The van der Waals surface area contributed by atoms with Gasteiger partial charge in [-0.05, 0) is 61.9 Å². The van der Waals surface area contributed by atoms with Gasteiger partial charge in [0, 0.05) is 30.7 Å². The minimum absolute atomic E-state index is 0.524. The van der Waals surface area contributed by atoms with Gasteiger partial charge in [-0.3, -0.25) is 4.90 Å². The first-order valence-corrected chi connectivity index (χ1v) is 11.0. The Morgan fingerprint density at radius 1 is 1.29 bits per heavy atom. The molecule has 146 valence electrons. The van der Waals surface area contributed by atoms with Crippen LogP contribution in [-0.4, -0.2) is 40.5 Å². The number of piperidine rings is 3. The summed E-state index contributed by atoms with van der Waals surface area (Å²) in [4.78, 5) is 13.4. The molecule has 28 heavy (non-hydrogen) atoms. The lowest BCUT2D eigenvalue weighted by molar-refractivity contribution is 0.0290. The Hall–Kier alpha value is -2.02. The van der Waals surface area contributed by atoms with E-state index in [4.69, 9.17) is 9.40 Å². The van der Waals surface area contributed by atoms with Gasteiger partial charge >= 0.3 is 0 Å². The largest absolute Gasteiger partial charge is 0.468 e. The lowest BCUT2D eigenvalue weighted by Crippen LogP contribution is -2.55. The fourth-order valence-corrected chi connectivity index (χ4v) is 5.48. The number of hydrogen-bond acceptors (Lipinski definition) is 6. The van der Waals surface area contributed by atoms with E-state index >= 15 is 0 Å². The normalized spacial score (nSPS) is 26.6. The fourth-order valence-electron chi connectivity index (χ4n) is 4.79. The first-order valence-electron chi connectivity index (χ1n) is 10.1. The molecule has 0 amide bonds. The second kappa shape index (κ2) is 7.78. The third kappa shape index (κ3) is 3.64. The minimum Gasteiger partial charge on any atom is -0.468 e. The van der Waals surface area contributed by atoms with E-state index in [0.29, 0.717) is 17.9 Å². The molecular weight excluding hydrogens is 368 g/mol. The molecule has 5 nitrogen and oxygen atoms in total. The summed E-state index contributed by atoms with van der Waals surface area (Å²) in [5.41, 5.74) is 2.30. The summed E-state index contributed by atoms with van der Waals surface area (Å²) in [6.45, 7) is 6.16. The van der Waals surface area contributed by atoms with Crippen LogP contribution in [0.3, 0.4) is 0 Å². The van der Waals surface area contributed by atoms with Gasteiger partial charge in [0.25, 0.3) is 0 Å². The molecule has 3 aliphatic heterocycles. The molecule has 6 heteroatoms. The maximum atomic E-state index is 5.42. The van der Waals surface area contributed by atoms with Crippen molar-refractivity contribution in [2.75, 3.05) is 19.6 Å². The standard InChI is InChI=1S/C22H26N4OS/c1-15-24-20(11-21(25-15)22-5-3-9-28-22)19-14-26-7-6-16(19)10-17(26)12-23-13-18-4-2-8-27-18/h2-5,8-9,11,16-17,19,23H,6-7,10,12-14H2,1H3/t16-,17?,19-/m0/s1. The molecule has 0 radical (unpaired) electrons. The highest BCUT2D eigenvalue weighted by Crippen LogP contribution is 2.41. The van der Waals surface area contributed by atoms with E-state index in [1.807, 2.05) is 19.1 Å². The number of thiophene rings is 1. The van der Waals surface area contributed by atoms with Crippen LogP contribution in [0.2, 0.25) is 0 Å². The van der Waals surface area contributed by atoms with E-state index in [1.165, 1.54) is 30.0 Å². The van der Waals surface area contributed by atoms with Crippen molar-refractivity contribution in [2.45, 2.75) is 38.3 Å². The predicted octanol–water partition coefficient (Wildman–Crippen LogP) is 4.07. The molecule has 3 fully saturated rings. The second-order valence-electron chi connectivity index (χ2n) is 7.95. The number of aromatic nitrogens is 2. The van der Waals surface area contributed by atoms with Crippen molar-refractivity contribution in [3.05, 3.63) is 59.3 Å². The van der Waals surface area contributed by atoms with Crippen LogP contribution in [0.15, 0.2) is 46.4 Å².